The van der Waals surface area contributed by atoms with Crippen LogP contribution in [0.3, 0.4) is 0 Å². The fourth-order valence-electron chi connectivity index (χ4n) is 2.62. The molecule has 0 bridgehead atoms. The Bertz CT molecular complexity index is 360. The van der Waals surface area contributed by atoms with Gasteiger partial charge in [-0.05, 0) is 31.9 Å². The van der Waals surface area contributed by atoms with Crippen molar-refractivity contribution in [3.63, 3.8) is 0 Å². The van der Waals surface area contributed by atoms with Crippen LogP contribution in [0.5, 0.6) is 0 Å². The zero-order valence-corrected chi connectivity index (χ0v) is 11.7. The molecule has 0 spiro atoms. The van der Waals surface area contributed by atoms with E-state index >= 15 is 0 Å². The van der Waals surface area contributed by atoms with Gasteiger partial charge in [0.25, 0.3) is 0 Å². The molecule has 2 heterocycles. The average Bonchev–Trinajstić information content (AvgIpc) is 2.47. The van der Waals surface area contributed by atoms with Crippen molar-refractivity contribution in [1.82, 2.24) is 14.9 Å². The molecule has 1 saturated heterocycles. The quantitative estimate of drug-likeness (QED) is 0.840. The summed E-state index contributed by atoms with van der Waals surface area (Å²) in [7, 11) is 0. The Labute approximate surface area is 115 Å². The number of ether oxygens (including phenoxy) is 1. The Morgan fingerprint density at radius 3 is 3.16 bits per heavy atom. The Balaban J connectivity index is 1.98. The molecular formula is C14H24N4O. The van der Waals surface area contributed by atoms with Crippen LogP contribution in [0.4, 0.5) is 0 Å². The zero-order chi connectivity index (χ0) is 13.5. The lowest BCUT2D eigenvalue weighted by Crippen LogP contribution is -2.44. The van der Waals surface area contributed by atoms with E-state index in [0.717, 1.165) is 44.7 Å². The molecule has 106 valence electrons. The van der Waals surface area contributed by atoms with Crippen molar-refractivity contribution in [2.24, 2.45) is 5.73 Å². The summed E-state index contributed by atoms with van der Waals surface area (Å²) in [6.07, 6.45) is 7.09. The highest BCUT2D eigenvalue weighted by Gasteiger charge is 2.27. The maximum atomic E-state index is 5.94. The first-order valence-corrected chi connectivity index (χ1v) is 7.16. The maximum Gasteiger partial charge on any atom is 0.115 e. The van der Waals surface area contributed by atoms with Gasteiger partial charge in [-0.15, -0.1) is 0 Å². The van der Waals surface area contributed by atoms with E-state index in [1.807, 2.05) is 6.07 Å². The SMILES string of the molecule is CCCOC1CCCN(C(CN)c2ccncn2)C1. The van der Waals surface area contributed by atoms with Crippen LogP contribution in [0.25, 0.3) is 0 Å². The normalized spacial score (nSPS) is 22.3. The molecule has 19 heavy (non-hydrogen) atoms. The molecule has 5 heteroatoms. The second-order valence-electron chi connectivity index (χ2n) is 5.02. The standard InChI is InChI=1S/C14H24N4O/c1-2-8-19-12-4-3-7-18(10-12)14(9-15)13-5-6-16-11-17-13/h5-6,11-12,14H,2-4,7-10,15H2,1H3. The lowest BCUT2D eigenvalue weighted by molar-refractivity contribution is -0.0123. The maximum absolute atomic E-state index is 5.94. The number of hydrogen-bond donors (Lipinski definition) is 1. The molecule has 0 radical (unpaired) electrons. The molecule has 2 unspecified atom stereocenters. The van der Waals surface area contributed by atoms with E-state index in [-0.39, 0.29) is 6.04 Å². The van der Waals surface area contributed by atoms with E-state index in [9.17, 15) is 0 Å². The molecular weight excluding hydrogens is 240 g/mol. The van der Waals surface area contributed by atoms with Gasteiger partial charge in [-0.25, -0.2) is 9.97 Å². The summed E-state index contributed by atoms with van der Waals surface area (Å²) in [6, 6.07) is 2.13. The van der Waals surface area contributed by atoms with Gasteiger partial charge < -0.3 is 10.5 Å². The van der Waals surface area contributed by atoms with Crippen LogP contribution < -0.4 is 5.73 Å². The predicted molar refractivity (Wildman–Crippen MR) is 74.7 cm³/mol. The number of piperidine rings is 1. The molecule has 1 fully saturated rings. The Hall–Kier alpha value is -1.04. The minimum absolute atomic E-state index is 0.177. The highest BCUT2D eigenvalue weighted by molar-refractivity contribution is 5.06. The van der Waals surface area contributed by atoms with Crippen molar-refractivity contribution in [3.05, 3.63) is 24.3 Å². The number of nitrogens with two attached hydrogens (primary N) is 1. The fraction of sp³-hybridized carbons (Fsp3) is 0.714. The molecule has 1 aromatic rings. The monoisotopic (exact) mass is 264 g/mol. The van der Waals surface area contributed by atoms with Gasteiger partial charge in [-0.2, -0.15) is 0 Å². The van der Waals surface area contributed by atoms with Crippen LogP contribution in [0.2, 0.25) is 0 Å². The number of likely N-dealkylation sites (tertiary alicyclic amines) is 1. The summed E-state index contributed by atoms with van der Waals surface area (Å²) in [5, 5.41) is 0. The second-order valence-corrected chi connectivity index (χ2v) is 5.02. The summed E-state index contributed by atoms with van der Waals surface area (Å²) in [4.78, 5) is 10.7. The molecule has 0 amide bonds. The molecule has 2 atom stereocenters. The molecule has 1 aliphatic heterocycles. The van der Waals surface area contributed by atoms with Gasteiger partial charge in [0, 0.05) is 25.9 Å². The van der Waals surface area contributed by atoms with Crippen molar-refractivity contribution < 1.29 is 4.74 Å². The topological polar surface area (TPSA) is 64.3 Å². The molecule has 0 aliphatic carbocycles. The highest BCUT2D eigenvalue weighted by Crippen LogP contribution is 2.23. The van der Waals surface area contributed by atoms with E-state index in [1.54, 1.807) is 12.5 Å². The lowest BCUT2D eigenvalue weighted by Gasteiger charge is -2.37. The number of hydrogen-bond acceptors (Lipinski definition) is 5. The molecule has 0 aromatic carbocycles. The van der Waals surface area contributed by atoms with Crippen molar-refractivity contribution in [2.75, 3.05) is 26.2 Å². The van der Waals surface area contributed by atoms with Gasteiger partial charge in [-0.1, -0.05) is 6.92 Å². The van der Waals surface area contributed by atoms with Crippen molar-refractivity contribution >= 4 is 0 Å². The molecule has 0 saturated carbocycles. The van der Waals surface area contributed by atoms with E-state index in [2.05, 4.69) is 21.8 Å². The average molecular weight is 264 g/mol. The minimum Gasteiger partial charge on any atom is -0.377 e. The fourth-order valence-corrected chi connectivity index (χ4v) is 2.62. The van der Waals surface area contributed by atoms with E-state index < -0.39 is 0 Å². The molecule has 1 aromatic heterocycles. The highest BCUT2D eigenvalue weighted by atomic mass is 16.5. The first-order valence-electron chi connectivity index (χ1n) is 7.16. The van der Waals surface area contributed by atoms with Crippen LogP contribution >= 0.6 is 0 Å². The van der Waals surface area contributed by atoms with E-state index in [4.69, 9.17) is 10.5 Å². The molecule has 5 nitrogen and oxygen atoms in total. The summed E-state index contributed by atoms with van der Waals surface area (Å²) >= 11 is 0. The third-order valence-electron chi connectivity index (χ3n) is 3.58. The first-order chi connectivity index (χ1) is 9.35. The molecule has 2 N–H and O–H groups in total. The number of rotatable bonds is 6. The van der Waals surface area contributed by atoms with Crippen LogP contribution in [-0.2, 0) is 4.74 Å². The predicted octanol–water partition coefficient (Wildman–Crippen LogP) is 1.37. The van der Waals surface area contributed by atoms with Crippen molar-refractivity contribution in [2.45, 2.75) is 38.3 Å². The van der Waals surface area contributed by atoms with Gasteiger partial charge in [0.1, 0.15) is 6.33 Å². The summed E-state index contributed by atoms with van der Waals surface area (Å²) < 4.78 is 5.88. The van der Waals surface area contributed by atoms with Crippen LogP contribution in [0.15, 0.2) is 18.6 Å². The summed E-state index contributed by atoms with van der Waals surface area (Å²) in [5.41, 5.74) is 6.95. The van der Waals surface area contributed by atoms with Gasteiger partial charge >= 0.3 is 0 Å². The lowest BCUT2D eigenvalue weighted by atomic mass is 10.0. The first kappa shape index (κ1) is 14.4. The number of nitrogens with zero attached hydrogens (tertiary/aromatic N) is 3. The largest absolute Gasteiger partial charge is 0.377 e. The third kappa shape index (κ3) is 3.96. The minimum atomic E-state index is 0.177. The smallest absolute Gasteiger partial charge is 0.115 e. The number of aromatic nitrogens is 2. The zero-order valence-electron chi connectivity index (χ0n) is 11.7. The second kappa shape index (κ2) is 7.53. The van der Waals surface area contributed by atoms with Gasteiger partial charge in [0.05, 0.1) is 17.8 Å². The Kier molecular flexibility index (Phi) is 5.69. The van der Waals surface area contributed by atoms with Crippen molar-refractivity contribution in [3.8, 4) is 0 Å². The summed E-state index contributed by atoms with van der Waals surface area (Å²) in [6.45, 7) is 5.59. The Morgan fingerprint density at radius 1 is 1.58 bits per heavy atom. The third-order valence-corrected chi connectivity index (χ3v) is 3.58. The van der Waals surface area contributed by atoms with E-state index in [1.165, 1.54) is 0 Å². The van der Waals surface area contributed by atoms with Crippen molar-refractivity contribution in [1.29, 1.82) is 0 Å². The van der Waals surface area contributed by atoms with Crippen LogP contribution in [0, 0.1) is 0 Å². The van der Waals surface area contributed by atoms with Crippen LogP contribution in [0.1, 0.15) is 37.9 Å². The summed E-state index contributed by atoms with van der Waals surface area (Å²) in [5.74, 6) is 0. The van der Waals surface area contributed by atoms with Gasteiger partial charge in [-0.3, -0.25) is 4.90 Å². The van der Waals surface area contributed by atoms with Crippen LogP contribution in [-0.4, -0.2) is 47.2 Å². The Morgan fingerprint density at radius 2 is 2.47 bits per heavy atom. The van der Waals surface area contributed by atoms with Gasteiger partial charge in [0.2, 0.25) is 0 Å². The molecule has 1 aliphatic rings. The van der Waals surface area contributed by atoms with Gasteiger partial charge in [0.15, 0.2) is 0 Å². The molecule has 2 rings (SSSR count). The van der Waals surface area contributed by atoms with E-state index in [0.29, 0.717) is 12.6 Å².